The molecule has 0 aromatic heterocycles. The zero-order valence-electron chi connectivity index (χ0n) is 14.1. The summed E-state index contributed by atoms with van der Waals surface area (Å²) in [5, 5.41) is 0. The van der Waals surface area contributed by atoms with Gasteiger partial charge in [0.05, 0.1) is 0 Å². The Balaban J connectivity index is 1.89. The first-order valence-electron chi connectivity index (χ1n) is 7.81. The Kier molecular flexibility index (Phi) is 8.10. The Hall–Kier alpha value is -0.531. The van der Waals surface area contributed by atoms with Gasteiger partial charge < -0.3 is 0 Å². The van der Waals surface area contributed by atoms with Gasteiger partial charge >= 0.3 is 160 Å². The van der Waals surface area contributed by atoms with Crippen LogP contribution in [-0.4, -0.2) is 56.8 Å². The zero-order valence-corrected chi connectivity index (χ0v) is 18.4. The van der Waals surface area contributed by atoms with E-state index in [-0.39, 0.29) is 14.7 Å². The van der Waals surface area contributed by atoms with Gasteiger partial charge in [-0.15, -0.1) is 0 Å². The molecule has 0 fully saturated rings. The van der Waals surface area contributed by atoms with Crippen LogP contribution in [0, 0.1) is 0 Å². The van der Waals surface area contributed by atoms with Gasteiger partial charge in [0.15, 0.2) is 0 Å². The number of hydrogen-bond acceptors (Lipinski definition) is 3. The summed E-state index contributed by atoms with van der Waals surface area (Å²) in [6, 6.07) is 16.7. The van der Waals surface area contributed by atoms with Crippen molar-refractivity contribution in [3.8, 4) is 11.5 Å². The summed E-state index contributed by atoms with van der Waals surface area (Å²) in [7, 11) is 3.39. The van der Waals surface area contributed by atoms with Crippen molar-refractivity contribution in [3.63, 3.8) is 0 Å². The molecule has 2 N–H and O–H groups in total. The Labute approximate surface area is 159 Å². The van der Waals surface area contributed by atoms with Crippen molar-refractivity contribution >= 4 is 34.9 Å². The van der Waals surface area contributed by atoms with Gasteiger partial charge in [-0.3, -0.25) is 0 Å². The summed E-state index contributed by atoms with van der Waals surface area (Å²) in [4.78, 5) is 0. The summed E-state index contributed by atoms with van der Waals surface area (Å²) in [6.45, 7) is 0. The van der Waals surface area contributed by atoms with Crippen LogP contribution in [-0.2, 0) is 12.8 Å². The van der Waals surface area contributed by atoms with Crippen LogP contribution in [0.1, 0.15) is 11.1 Å². The second kappa shape index (κ2) is 9.82. The van der Waals surface area contributed by atoms with E-state index in [1.54, 1.807) is 14.2 Å². The summed E-state index contributed by atoms with van der Waals surface area (Å²) in [5.74, 6) is 1.82. The molecule has 0 saturated carbocycles. The van der Waals surface area contributed by atoms with Crippen molar-refractivity contribution in [1.29, 1.82) is 0 Å². The predicted molar refractivity (Wildman–Crippen MR) is 106 cm³/mol. The van der Waals surface area contributed by atoms with Crippen LogP contribution < -0.4 is 14.2 Å². The van der Waals surface area contributed by atoms with Crippen LogP contribution in [0.25, 0.3) is 0 Å². The molecule has 0 atom stereocenters. The summed E-state index contributed by atoms with van der Waals surface area (Å²) >= 11 is 3.68. The van der Waals surface area contributed by atoms with Gasteiger partial charge in [0, 0.05) is 0 Å². The molecule has 0 amide bonds. The van der Waals surface area contributed by atoms with E-state index in [0.717, 1.165) is 24.3 Å². The third kappa shape index (κ3) is 6.08. The molecule has 2 rings (SSSR count). The van der Waals surface area contributed by atoms with E-state index in [4.69, 9.17) is 14.2 Å². The summed E-state index contributed by atoms with van der Waals surface area (Å²) < 4.78 is 15.4. The second-order valence-corrected chi connectivity index (χ2v) is 21.9. The minimum absolute atomic E-state index is 0.186. The molecule has 0 spiro atoms. The van der Waals surface area contributed by atoms with E-state index in [1.807, 2.05) is 24.3 Å². The topological polar surface area (TPSA) is 46.5 Å². The van der Waals surface area contributed by atoms with Crippen LogP contribution in [0.3, 0.4) is 0 Å². The van der Waals surface area contributed by atoms with Gasteiger partial charge in [-0.1, -0.05) is 0 Å². The number of hydrogen-bond donors (Lipinski definition) is 1. The molecule has 0 unspecified atom stereocenters. The van der Waals surface area contributed by atoms with Crippen molar-refractivity contribution < 1.29 is 9.47 Å². The molecule has 0 saturated heterocycles. The third-order valence-corrected chi connectivity index (χ3v) is 16.0. The quantitative estimate of drug-likeness (QED) is 0.345. The van der Waals surface area contributed by atoms with Crippen LogP contribution in [0.2, 0.25) is 0 Å². The van der Waals surface area contributed by atoms with Crippen LogP contribution in [0.15, 0.2) is 48.5 Å². The zero-order chi connectivity index (χ0) is 17.4. The summed E-state index contributed by atoms with van der Waals surface area (Å²) in [5.41, 5.74) is 2.70. The summed E-state index contributed by atoms with van der Waals surface area (Å²) in [6.07, 6.45) is 4.50. The SMILES string of the molecule is COc1ccc(CC[P+]([Se-])(CCc2ccc([O+]C)cc2)[Se]N)cc1. The van der Waals surface area contributed by atoms with E-state index in [9.17, 15) is 0 Å². The molecular weight excluding hydrogens is 451 g/mol. The average molecular weight is 475 g/mol. The van der Waals surface area contributed by atoms with Gasteiger partial charge in [-0.2, -0.15) is 0 Å². The van der Waals surface area contributed by atoms with Crippen molar-refractivity contribution in [3.05, 3.63) is 59.7 Å². The molecule has 0 aliphatic carbocycles. The molecule has 129 valence electrons. The molecule has 0 aliphatic rings. The number of ether oxygens (including phenoxy) is 2. The third-order valence-electron chi connectivity index (χ3n) is 3.99. The Morgan fingerprint density at radius 3 is 1.92 bits per heavy atom. The molecule has 1 radical (unpaired) electrons. The van der Waals surface area contributed by atoms with E-state index in [2.05, 4.69) is 39.8 Å². The Morgan fingerprint density at radius 1 is 1.00 bits per heavy atom. The molecule has 0 heterocycles. The number of methoxy groups -OCH3 is 2. The maximum atomic E-state index is 6.17. The first-order chi connectivity index (χ1) is 11.6. The van der Waals surface area contributed by atoms with Crippen molar-refractivity contribution in [2.24, 2.45) is 4.75 Å². The van der Waals surface area contributed by atoms with Gasteiger partial charge in [0.1, 0.15) is 0 Å². The number of rotatable bonds is 9. The van der Waals surface area contributed by atoms with E-state index >= 15 is 0 Å². The van der Waals surface area contributed by atoms with Crippen LogP contribution in [0.5, 0.6) is 11.5 Å². The number of nitrogens with two attached hydrogens (primary N) is 1. The predicted octanol–water partition coefficient (Wildman–Crippen LogP) is 3.08. The van der Waals surface area contributed by atoms with Crippen molar-refractivity contribution in [1.82, 2.24) is 0 Å². The van der Waals surface area contributed by atoms with Gasteiger partial charge in [0.2, 0.25) is 0 Å². The molecule has 0 aliphatic heterocycles. The molecule has 24 heavy (non-hydrogen) atoms. The fraction of sp³-hybridized carbons (Fsp3) is 0.333. The van der Waals surface area contributed by atoms with Crippen LogP contribution in [0.4, 0.5) is 0 Å². The molecule has 0 bridgehead atoms. The van der Waals surface area contributed by atoms with Gasteiger partial charge in [0.25, 0.3) is 0 Å². The minimum atomic E-state index is -1.17. The molecule has 3 nitrogen and oxygen atoms in total. The number of benzene rings is 2. The van der Waals surface area contributed by atoms with Crippen molar-refractivity contribution in [2.45, 2.75) is 12.8 Å². The first-order valence-corrected chi connectivity index (χ1v) is 15.4. The molecular formula is C18H24NO2PSe2+. The van der Waals surface area contributed by atoms with E-state index < -0.39 is 4.64 Å². The molecule has 6 heteroatoms. The number of aryl methyl sites for hydroxylation is 2. The fourth-order valence-electron chi connectivity index (χ4n) is 2.40. The molecule has 2 aromatic carbocycles. The van der Waals surface area contributed by atoms with Crippen LogP contribution >= 0.6 is 4.64 Å². The average Bonchev–Trinajstić information content (AvgIpc) is 2.65. The van der Waals surface area contributed by atoms with Gasteiger partial charge in [-0.25, -0.2) is 0 Å². The molecule has 2 aromatic rings. The fourth-order valence-corrected chi connectivity index (χ4v) is 7.66. The maximum absolute atomic E-state index is 6.17. The monoisotopic (exact) mass is 477 g/mol. The van der Waals surface area contributed by atoms with E-state index in [1.165, 1.54) is 23.5 Å². The Morgan fingerprint density at radius 2 is 1.50 bits per heavy atom. The normalized spacial score (nSPS) is 13.3. The first kappa shape index (κ1) is 19.8. The Bertz CT molecular complexity index is 568. The van der Waals surface area contributed by atoms with Crippen molar-refractivity contribution in [2.75, 3.05) is 26.5 Å². The standard InChI is InChI=1S/C18H24NO2PSe2/c1-20-17-7-3-15(4-8-17)11-13-22(23,24-19)14-12-16-5-9-18(21-2)10-6-16/h3-10H,11-14,19H2,1-2H3/q+1. The van der Waals surface area contributed by atoms with Gasteiger partial charge in [-0.05, 0) is 0 Å². The second-order valence-electron chi connectivity index (χ2n) is 5.56. The van der Waals surface area contributed by atoms with E-state index in [0.29, 0.717) is 0 Å².